The molecule has 0 radical (unpaired) electrons. The van der Waals surface area contributed by atoms with Crippen LogP contribution in [0.4, 0.5) is 0 Å². The van der Waals surface area contributed by atoms with E-state index in [2.05, 4.69) is 32.4 Å². The van der Waals surface area contributed by atoms with Crippen molar-refractivity contribution in [2.24, 2.45) is 6.66 Å². The van der Waals surface area contributed by atoms with Crippen LogP contribution >= 0.6 is 7.53 Å². The van der Waals surface area contributed by atoms with E-state index in [-0.39, 0.29) is 7.53 Å². The molecule has 1 aromatic rings. The van der Waals surface area contributed by atoms with Gasteiger partial charge in [0.05, 0.1) is 0 Å². The summed E-state index contributed by atoms with van der Waals surface area (Å²) in [7, 11) is 0.133. The van der Waals surface area contributed by atoms with Crippen LogP contribution in [-0.2, 0) is 6.66 Å². The van der Waals surface area contributed by atoms with Crippen LogP contribution in [0.3, 0.4) is 0 Å². The lowest BCUT2D eigenvalue weighted by molar-refractivity contribution is 1.44. The Balaban J connectivity index is 3.19. The monoisotopic (exact) mass is 126 g/mol. The third-order valence-corrected chi connectivity index (χ3v) is 3.66. The van der Waals surface area contributed by atoms with E-state index in [1.807, 2.05) is 0 Å². The van der Waals surface area contributed by atoms with Gasteiger partial charge < -0.3 is 0 Å². The highest BCUT2D eigenvalue weighted by Gasteiger charge is 1.93. The fraction of sp³-hybridized carbons (Fsp3) is 0.429. The molecule has 0 saturated heterocycles. The van der Waals surface area contributed by atoms with Crippen LogP contribution in [-0.4, -0.2) is 0 Å². The average molecular weight is 126 g/mol. The Morgan fingerprint density at radius 2 is 2.00 bits per heavy atom. The second kappa shape index (κ2) is 1.95. The molecule has 0 spiro atoms. The molecule has 0 bridgehead atoms. The quantitative estimate of drug-likeness (QED) is 0.501. The standard InChI is InChI=1S/C7H11P/c1-6-4-5-8(3)7(6)2/h4-5H,1-3H3. The number of hydrogen-bond donors (Lipinski definition) is 0. The summed E-state index contributed by atoms with van der Waals surface area (Å²) < 4.78 is 0. The zero-order valence-corrected chi connectivity index (χ0v) is 6.50. The molecule has 0 N–H and O–H groups in total. The largest absolute Gasteiger partial charge is 0.125 e. The third-order valence-electron chi connectivity index (χ3n) is 1.65. The topological polar surface area (TPSA) is 0 Å². The zero-order chi connectivity index (χ0) is 6.15. The van der Waals surface area contributed by atoms with Crippen LogP contribution in [0.25, 0.3) is 0 Å². The summed E-state index contributed by atoms with van der Waals surface area (Å²) in [5.41, 5.74) is 1.47. The maximum atomic E-state index is 2.31. The minimum absolute atomic E-state index is 0.133. The van der Waals surface area contributed by atoms with Gasteiger partial charge in [0, 0.05) is 0 Å². The first kappa shape index (κ1) is 5.91. The van der Waals surface area contributed by atoms with Gasteiger partial charge in [0.15, 0.2) is 0 Å². The first-order valence-electron chi connectivity index (χ1n) is 2.80. The summed E-state index contributed by atoms with van der Waals surface area (Å²) in [5, 5.41) is 1.58. The van der Waals surface area contributed by atoms with E-state index in [4.69, 9.17) is 0 Å². The van der Waals surface area contributed by atoms with Crippen molar-refractivity contribution in [3.05, 3.63) is 22.7 Å². The molecule has 0 nitrogen and oxygen atoms in total. The molecule has 44 valence electrons. The van der Waals surface area contributed by atoms with Crippen LogP contribution < -0.4 is 0 Å². The Bertz CT molecular complexity index is 167. The van der Waals surface area contributed by atoms with Gasteiger partial charge in [-0.25, -0.2) is 0 Å². The highest BCUT2D eigenvalue weighted by Crippen LogP contribution is 2.31. The van der Waals surface area contributed by atoms with Gasteiger partial charge in [0.25, 0.3) is 0 Å². The Hall–Kier alpha value is -0.220. The normalized spacial score (nSPS) is 12.1. The van der Waals surface area contributed by atoms with E-state index < -0.39 is 0 Å². The summed E-state index contributed by atoms with van der Waals surface area (Å²) in [4.78, 5) is 0. The molecule has 1 heterocycles. The minimum atomic E-state index is 0.133. The Kier molecular flexibility index (Phi) is 1.44. The molecule has 1 atom stereocenters. The van der Waals surface area contributed by atoms with E-state index in [9.17, 15) is 0 Å². The molecule has 0 aliphatic carbocycles. The molecule has 1 heteroatoms. The third kappa shape index (κ3) is 0.809. The van der Waals surface area contributed by atoms with Gasteiger partial charge in [-0.1, -0.05) is 6.07 Å². The molecule has 8 heavy (non-hydrogen) atoms. The first-order valence-corrected chi connectivity index (χ1v) is 4.66. The highest BCUT2D eigenvalue weighted by atomic mass is 31.1. The average Bonchev–Trinajstić information content (AvgIpc) is 1.98. The van der Waals surface area contributed by atoms with Crippen LogP contribution in [0.15, 0.2) is 11.9 Å². The zero-order valence-electron chi connectivity index (χ0n) is 5.60. The van der Waals surface area contributed by atoms with Crippen molar-refractivity contribution in [1.29, 1.82) is 0 Å². The van der Waals surface area contributed by atoms with Crippen LogP contribution in [0.2, 0.25) is 0 Å². The minimum Gasteiger partial charge on any atom is -0.125 e. The summed E-state index contributed by atoms with van der Waals surface area (Å²) in [6.45, 7) is 6.69. The molecular weight excluding hydrogens is 115 g/mol. The fourth-order valence-electron chi connectivity index (χ4n) is 0.734. The first-order chi connectivity index (χ1) is 3.72. The van der Waals surface area contributed by atoms with E-state index in [0.717, 1.165) is 0 Å². The summed E-state index contributed by atoms with van der Waals surface area (Å²) in [6.07, 6.45) is 0. The van der Waals surface area contributed by atoms with Gasteiger partial charge in [-0.15, -0.1) is 7.53 Å². The van der Waals surface area contributed by atoms with Gasteiger partial charge in [-0.05, 0) is 37.2 Å². The molecule has 0 aliphatic heterocycles. The van der Waals surface area contributed by atoms with Gasteiger partial charge in [-0.2, -0.15) is 0 Å². The molecular formula is C7H11P. The SMILES string of the molecule is Cc1ccp(C)c1C. The van der Waals surface area contributed by atoms with Crippen molar-refractivity contribution in [1.82, 2.24) is 0 Å². The maximum Gasteiger partial charge on any atom is -0.0256 e. The Morgan fingerprint density at radius 3 is 2.12 bits per heavy atom. The van der Waals surface area contributed by atoms with Crippen molar-refractivity contribution in [3.8, 4) is 0 Å². The predicted molar refractivity (Wildman–Crippen MR) is 39.6 cm³/mol. The maximum absolute atomic E-state index is 2.31. The summed E-state index contributed by atoms with van der Waals surface area (Å²) in [6, 6.07) is 2.22. The molecule has 0 aliphatic rings. The smallest absolute Gasteiger partial charge is 0.0256 e. The van der Waals surface area contributed by atoms with Gasteiger partial charge in [0.2, 0.25) is 0 Å². The molecule has 0 aromatic carbocycles. The van der Waals surface area contributed by atoms with Crippen LogP contribution in [0.1, 0.15) is 10.9 Å². The van der Waals surface area contributed by atoms with Gasteiger partial charge >= 0.3 is 0 Å². The summed E-state index contributed by atoms with van der Waals surface area (Å²) >= 11 is 0. The van der Waals surface area contributed by atoms with Gasteiger partial charge in [0.1, 0.15) is 0 Å². The molecule has 0 fully saturated rings. The van der Waals surface area contributed by atoms with E-state index >= 15 is 0 Å². The lowest BCUT2D eigenvalue weighted by Gasteiger charge is -1.89. The second-order valence-electron chi connectivity index (χ2n) is 2.20. The van der Waals surface area contributed by atoms with Gasteiger partial charge in [-0.3, -0.25) is 0 Å². The van der Waals surface area contributed by atoms with Crippen LogP contribution in [0.5, 0.6) is 0 Å². The predicted octanol–water partition coefficient (Wildman–Crippen LogP) is 2.83. The lowest BCUT2D eigenvalue weighted by atomic mass is 10.3. The molecule has 1 rings (SSSR count). The fourth-order valence-corrected chi connectivity index (χ4v) is 2.04. The molecule has 0 amide bonds. The molecule has 0 saturated carbocycles. The van der Waals surface area contributed by atoms with E-state index in [1.165, 1.54) is 5.56 Å². The van der Waals surface area contributed by atoms with Crippen molar-refractivity contribution in [3.63, 3.8) is 0 Å². The van der Waals surface area contributed by atoms with Crippen molar-refractivity contribution < 1.29 is 0 Å². The Labute approximate surface area is 51.6 Å². The lowest BCUT2D eigenvalue weighted by Crippen LogP contribution is -1.63. The second-order valence-corrected chi connectivity index (χ2v) is 4.39. The highest BCUT2D eigenvalue weighted by molar-refractivity contribution is 7.48. The van der Waals surface area contributed by atoms with Crippen molar-refractivity contribution in [2.45, 2.75) is 13.8 Å². The van der Waals surface area contributed by atoms with Crippen molar-refractivity contribution >= 4 is 7.53 Å². The van der Waals surface area contributed by atoms with Crippen LogP contribution in [0, 0.1) is 13.8 Å². The Morgan fingerprint density at radius 1 is 1.38 bits per heavy atom. The molecule has 1 unspecified atom stereocenters. The molecule has 1 aromatic heterocycles. The van der Waals surface area contributed by atoms with E-state index in [1.54, 1.807) is 5.30 Å². The summed E-state index contributed by atoms with van der Waals surface area (Å²) in [5.74, 6) is 2.31. The van der Waals surface area contributed by atoms with E-state index in [0.29, 0.717) is 0 Å². The number of aryl methyl sites for hydroxylation is 2. The van der Waals surface area contributed by atoms with Crippen molar-refractivity contribution in [2.75, 3.05) is 0 Å². The number of hydrogen-bond acceptors (Lipinski definition) is 0. The number of rotatable bonds is 0.